The van der Waals surface area contributed by atoms with Crippen molar-refractivity contribution in [3.63, 3.8) is 0 Å². The van der Waals surface area contributed by atoms with Gasteiger partial charge in [0.15, 0.2) is 0 Å². The van der Waals surface area contributed by atoms with Gasteiger partial charge in [-0.15, -0.1) is 0 Å². The van der Waals surface area contributed by atoms with Crippen LogP contribution in [0, 0.1) is 25.2 Å². The summed E-state index contributed by atoms with van der Waals surface area (Å²) in [6, 6.07) is 7.62. The molecule has 0 unspecified atom stereocenters. The second kappa shape index (κ2) is 10.2. The Hall–Kier alpha value is -4.60. The Morgan fingerprint density at radius 1 is 0.811 bits per heavy atom. The Morgan fingerprint density at radius 3 is 1.65 bits per heavy atom. The SMILES string of the molecule is Cc1cncn1-c1cc(C#N)cc(C(F)(F)F)c1.Cc1cncn1-c1cc(C(=O)O)cc(C(F)(F)F)c1. The summed E-state index contributed by atoms with van der Waals surface area (Å²) in [4.78, 5) is 18.5. The number of nitrogens with zero attached hydrogens (tertiary/aromatic N) is 5. The fourth-order valence-corrected chi connectivity index (χ4v) is 3.28. The van der Waals surface area contributed by atoms with Crippen LogP contribution in [-0.2, 0) is 12.4 Å². The normalized spacial score (nSPS) is 11.4. The number of alkyl halides is 6. The van der Waals surface area contributed by atoms with Crippen molar-refractivity contribution in [1.29, 1.82) is 5.26 Å². The van der Waals surface area contributed by atoms with E-state index < -0.39 is 35.0 Å². The Morgan fingerprint density at radius 2 is 1.27 bits per heavy atom. The zero-order chi connectivity index (χ0) is 27.5. The monoisotopic (exact) mass is 521 g/mol. The van der Waals surface area contributed by atoms with E-state index in [2.05, 4.69) is 9.97 Å². The Balaban J connectivity index is 0.000000206. The van der Waals surface area contributed by atoms with Crippen LogP contribution in [-0.4, -0.2) is 30.2 Å². The first-order chi connectivity index (χ1) is 17.2. The third kappa shape index (κ3) is 6.35. The zero-order valence-electron chi connectivity index (χ0n) is 19.1. The molecule has 0 saturated heterocycles. The second-order valence-electron chi connectivity index (χ2n) is 7.76. The van der Waals surface area contributed by atoms with Crippen LogP contribution >= 0.6 is 0 Å². The number of hydrogen-bond donors (Lipinski definition) is 1. The first-order valence-corrected chi connectivity index (χ1v) is 10.3. The van der Waals surface area contributed by atoms with Gasteiger partial charge in [-0.1, -0.05) is 0 Å². The Kier molecular flexibility index (Phi) is 7.42. The van der Waals surface area contributed by atoms with Crippen LogP contribution in [0.5, 0.6) is 0 Å². The highest BCUT2D eigenvalue weighted by Crippen LogP contribution is 2.33. The number of aromatic carboxylic acids is 1. The predicted octanol–water partition coefficient (Wildman–Crippen LogP) is 5.97. The molecule has 4 aromatic rings. The molecule has 0 spiro atoms. The summed E-state index contributed by atoms with van der Waals surface area (Å²) in [6.07, 6.45) is -3.33. The number of aryl methyl sites for hydroxylation is 2. The highest BCUT2D eigenvalue weighted by Gasteiger charge is 2.32. The molecule has 13 heteroatoms. The van der Waals surface area contributed by atoms with Gasteiger partial charge in [-0.25, -0.2) is 14.8 Å². The minimum Gasteiger partial charge on any atom is -0.478 e. The fraction of sp³-hybridized carbons (Fsp3) is 0.167. The number of carboxylic acid groups (broad SMARTS) is 1. The van der Waals surface area contributed by atoms with Crippen molar-refractivity contribution in [3.05, 3.63) is 95.1 Å². The minimum atomic E-state index is -4.60. The summed E-state index contributed by atoms with van der Waals surface area (Å²) < 4.78 is 79.2. The smallest absolute Gasteiger partial charge is 0.416 e. The maximum Gasteiger partial charge on any atom is 0.416 e. The van der Waals surface area contributed by atoms with Crippen LogP contribution in [0.1, 0.15) is 38.4 Å². The van der Waals surface area contributed by atoms with Crippen LogP contribution in [0.15, 0.2) is 61.4 Å². The lowest BCUT2D eigenvalue weighted by molar-refractivity contribution is -0.138. The van der Waals surface area contributed by atoms with Gasteiger partial charge in [0.2, 0.25) is 0 Å². The number of hydrogen-bond acceptors (Lipinski definition) is 4. The van der Waals surface area contributed by atoms with Crippen LogP contribution in [0.25, 0.3) is 11.4 Å². The summed E-state index contributed by atoms with van der Waals surface area (Å²) >= 11 is 0. The van der Waals surface area contributed by atoms with Crippen molar-refractivity contribution < 1.29 is 36.2 Å². The number of imidazole rings is 2. The molecule has 0 aliphatic rings. The van der Waals surface area contributed by atoms with Crippen LogP contribution in [0.4, 0.5) is 26.3 Å². The molecule has 0 amide bonds. The van der Waals surface area contributed by atoms with E-state index in [0.717, 1.165) is 18.2 Å². The maximum absolute atomic E-state index is 12.7. The Labute approximate surface area is 205 Å². The largest absolute Gasteiger partial charge is 0.478 e. The number of halogens is 6. The quantitative estimate of drug-likeness (QED) is 0.335. The maximum atomic E-state index is 12.7. The van der Waals surface area contributed by atoms with Gasteiger partial charge in [0, 0.05) is 35.2 Å². The van der Waals surface area contributed by atoms with Crippen molar-refractivity contribution >= 4 is 5.97 Å². The molecule has 7 nitrogen and oxygen atoms in total. The van der Waals surface area contributed by atoms with Gasteiger partial charge in [0.05, 0.1) is 41.0 Å². The molecule has 4 rings (SSSR count). The average Bonchev–Trinajstić information content (AvgIpc) is 3.45. The summed E-state index contributed by atoms with van der Waals surface area (Å²) in [5.41, 5.74) is -0.613. The van der Waals surface area contributed by atoms with E-state index in [1.807, 2.05) is 0 Å². The topological polar surface area (TPSA) is 96.7 Å². The molecule has 2 heterocycles. The van der Waals surface area contributed by atoms with Crippen LogP contribution in [0.3, 0.4) is 0 Å². The summed E-state index contributed by atoms with van der Waals surface area (Å²) in [5, 5.41) is 17.7. The summed E-state index contributed by atoms with van der Waals surface area (Å²) in [5.74, 6) is -1.41. The molecular weight excluding hydrogens is 504 g/mol. The number of benzene rings is 2. The van der Waals surface area contributed by atoms with E-state index in [-0.39, 0.29) is 16.9 Å². The molecule has 0 aliphatic heterocycles. The lowest BCUT2D eigenvalue weighted by atomic mass is 10.1. The van der Waals surface area contributed by atoms with E-state index in [4.69, 9.17) is 10.4 Å². The molecule has 0 aliphatic carbocycles. The molecule has 2 aromatic heterocycles. The molecular formula is C24H17F6N5O2. The Bertz CT molecular complexity index is 1480. The summed E-state index contributed by atoms with van der Waals surface area (Å²) in [6.45, 7) is 3.38. The van der Waals surface area contributed by atoms with Gasteiger partial charge in [-0.05, 0) is 50.2 Å². The fourth-order valence-electron chi connectivity index (χ4n) is 3.28. The van der Waals surface area contributed by atoms with Gasteiger partial charge >= 0.3 is 18.3 Å². The molecule has 0 saturated carbocycles. The number of carbonyl (C=O) groups is 1. The van der Waals surface area contributed by atoms with Crippen molar-refractivity contribution in [3.8, 4) is 17.4 Å². The number of aromatic nitrogens is 4. The molecule has 192 valence electrons. The lowest BCUT2D eigenvalue weighted by Crippen LogP contribution is -2.10. The van der Waals surface area contributed by atoms with E-state index in [1.54, 1.807) is 19.9 Å². The molecule has 0 radical (unpaired) electrons. The van der Waals surface area contributed by atoms with Crippen molar-refractivity contribution in [2.24, 2.45) is 0 Å². The third-order valence-corrected chi connectivity index (χ3v) is 5.07. The van der Waals surface area contributed by atoms with Gasteiger partial charge in [0.1, 0.15) is 0 Å². The van der Waals surface area contributed by atoms with Crippen molar-refractivity contribution in [2.45, 2.75) is 26.2 Å². The van der Waals surface area contributed by atoms with E-state index in [1.165, 1.54) is 46.3 Å². The lowest BCUT2D eigenvalue weighted by Gasteiger charge is -2.12. The van der Waals surface area contributed by atoms with Gasteiger partial charge in [0.25, 0.3) is 0 Å². The highest BCUT2D eigenvalue weighted by atomic mass is 19.4. The van der Waals surface area contributed by atoms with Gasteiger partial charge in [-0.2, -0.15) is 31.6 Å². The average molecular weight is 521 g/mol. The predicted molar refractivity (Wildman–Crippen MR) is 118 cm³/mol. The van der Waals surface area contributed by atoms with Crippen molar-refractivity contribution in [2.75, 3.05) is 0 Å². The minimum absolute atomic E-state index is 0.0343. The van der Waals surface area contributed by atoms with Gasteiger partial charge < -0.3 is 14.2 Å². The van der Waals surface area contributed by atoms with E-state index in [9.17, 15) is 31.1 Å². The van der Waals surface area contributed by atoms with E-state index >= 15 is 0 Å². The van der Waals surface area contributed by atoms with Crippen LogP contribution in [0.2, 0.25) is 0 Å². The molecule has 0 atom stereocenters. The first-order valence-electron chi connectivity index (χ1n) is 10.3. The van der Waals surface area contributed by atoms with E-state index in [0.29, 0.717) is 17.5 Å². The molecule has 0 fully saturated rings. The first kappa shape index (κ1) is 27.0. The number of nitriles is 1. The molecule has 1 N–H and O–H groups in total. The second-order valence-corrected chi connectivity index (χ2v) is 7.76. The van der Waals surface area contributed by atoms with Crippen molar-refractivity contribution in [1.82, 2.24) is 19.1 Å². The number of rotatable bonds is 3. The van der Waals surface area contributed by atoms with Gasteiger partial charge in [-0.3, -0.25) is 0 Å². The standard InChI is InChI=1S/C12H8F3N3.C12H9F3N2O2/c1-8-6-17-7-18(8)11-3-9(5-16)2-10(4-11)12(13,14)15;1-7-5-16-6-17(7)10-3-8(11(18)19)2-9(4-10)12(13,14)15/h2-4,6-7H,1H3;2-6H,1H3,(H,18,19). The molecule has 37 heavy (non-hydrogen) atoms. The zero-order valence-corrected chi connectivity index (χ0v) is 19.1. The molecule has 2 aromatic carbocycles. The van der Waals surface area contributed by atoms with Crippen LogP contribution < -0.4 is 0 Å². The molecule has 0 bridgehead atoms. The number of carboxylic acids is 1. The highest BCUT2D eigenvalue weighted by molar-refractivity contribution is 5.88. The summed E-state index contributed by atoms with van der Waals surface area (Å²) in [7, 11) is 0. The third-order valence-electron chi connectivity index (χ3n) is 5.07.